The van der Waals surface area contributed by atoms with E-state index >= 15 is 0 Å². The standard InChI is InChI=1S/C20H22N2O4S/c1-14-4-5-15(2)18(12-14)25-13-19-21-22-20(26-19)27-11-10-24-17-8-6-16(23-3)7-9-17/h4-9,12H,10-11,13H2,1-3H3. The second-order valence-corrected chi connectivity index (χ2v) is 6.94. The molecule has 3 aromatic rings. The highest BCUT2D eigenvalue weighted by Crippen LogP contribution is 2.22. The summed E-state index contributed by atoms with van der Waals surface area (Å²) in [6.45, 7) is 4.82. The highest BCUT2D eigenvalue weighted by Gasteiger charge is 2.09. The average molecular weight is 386 g/mol. The number of aromatic nitrogens is 2. The zero-order chi connectivity index (χ0) is 19.1. The molecule has 0 N–H and O–H groups in total. The molecule has 1 aromatic heterocycles. The molecule has 142 valence electrons. The largest absolute Gasteiger partial charge is 0.497 e. The normalized spacial score (nSPS) is 10.6. The van der Waals surface area contributed by atoms with Crippen molar-refractivity contribution in [2.45, 2.75) is 25.7 Å². The maximum Gasteiger partial charge on any atom is 0.276 e. The van der Waals surface area contributed by atoms with Crippen LogP contribution in [0.25, 0.3) is 0 Å². The molecule has 7 heteroatoms. The number of benzene rings is 2. The lowest BCUT2D eigenvalue weighted by atomic mass is 10.1. The Morgan fingerprint density at radius 2 is 1.74 bits per heavy atom. The summed E-state index contributed by atoms with van der Waals surface area (Å²) < 4.78 is 22.2. The third-order valence-corrected chi connectivity index (χ3v) is 4.56. The first-order valence-corrected chi connectivity index (χ1v) is 9.54. The highest BCUT2D eigenvalue weighted by atomic mass is 32.2. The molecule has 0 aliphatic heterocycles. The van der Waals surface area contributed by atoms with Crippen molar-refractivity contribution in [3.63, 3.8) is 0 Å². The lowest BCUT2D eigenvalue weighted by molar-refractivity contribution is 0.250. The van der Waals surface area contributed by atoms with Crippen molar-refractivity contribution in [1.82, 2.24) is 10.2 Å². The minimum atomic E-state index is 0.250. The van der Waals surface area contributed by atoms with Crippen molar-refractivity contribution in [2.24, 2.45) is 0 Å². The summed E-state index contributed by atoms with van der Waals surface area (Å²) in [4.78, 5) is 0. The lowest BCUT2D eigenvalue weighted by Crippen LogP contribution is -2.00. The third kappa shape index (κ3) is 5.65. The molecule has 0 aliphatic rings. The van der Waals surface area contributed by atoms with E-state index in [4.69, 9.17) is 18.6 Å². The Bertz CT molecular complexity index is 865. The predicted molar refractivity (Wildman–Crippen MR) is 104 cm³/mol. The molecule has 0 unspecified atom stereocenters. The molecular weight excluding hydrogens is 364 g/mol. The van der Waals surface area contributed by atoms with E-state index < -0.39 is 0 Å². The van der Waals surface area contributed by atoms with Gasteiger partial charge in [-0.25, -0.2) is 0 Å². The molecule has 0 aliphatic carbocycles. The fourth-order valence-electron chi connectivity index (χ4n) is 2.32. The van der Waals surface area contributed by atoms with E-state index in [0.717, 1.165) is 28.4 Å². The summed E-state index contributed by atoms with van der Waals surface area (Å²) in [6.07, 6.45) is 0. The molecule has 3 rings (SSSR count). The van der Waals surface area contributed by atoms with E-state index in [1.54, 1.807) is 7.11 Å². The second-order valence-electron chi connectivity index (χ2n) is 5.89. The van der Waals surface area contributed by atoms with Crippen LogP contribution < -0.4 is 14.2 Å². The van der Waals surface area contributed by atoms with Gasteiger partial charge >= 0.3 is 0 Å². The first-order chi connectivity index (χ1) is 13.1. The SMILES string of the molecule is COc1ccc(OCCSc2nnc(COc3cc(C)ccc3C)o2)cc1. The molecular formula is C20H22N2O4S. The van der Waals surface area contributed by atoms with Gasteiger partial charge in [-0.3, -0.25) is 0 Å². The first-order valence-electron chi connectivity index (χ1n) is 8.56. The molecule has 0 spiro atoms. The van der Waals surface area contributed by atoms with E-state index in [0.29, 0.717) is 23.5 Å². The number of hydrogen-bond acceptors (Lipinski definition) is 7. The molecule has 2 aromatic carbocycles. The average Bonchev–Trinajstić information content (AvgIpc) is 3.14. The van der Waals surface area contributed by atoms with Crippen molar-refractivity contribution in [1.29, 1.82) is 0 Å². The van der Waals surface area contributed by atoms with E-state index in [2.05, 4.69) is 16.3 Å². The topological polar surface area (TPSA) is 66.6 Å². The Balaban J connectivity index is 1.41. The van der Waals surface area contributed by atoms with Gasteiger partial charge < -0.3 is 18.6 Å². The molecule has 27 heavy (non-hydrogen) atoms. The summed E-state index contributed by atoms with van der Waals surface area (Å²) >= 11 is 1.45. The summed E-state index contributed by atoms with van der Waals surface area (Å²) in [6, 6.07) is 13.6. The summed E-state index contributed by atoms with van der Waals surface area (Å²) in [5.74, 6) is 3.58. The predicted octanol–water partition coefficient (Wildman–Crippen LogP) is 4.45. The number of thioether (sulfide) groups is 1. The maximum atomic E-state index is 5.78. The van der Waals surface area contributed by atoms with Crippen LogP contribution in [-0.2, 0) is 6.61 Å². The van der Waals surface area contributed by atoms with E-state index in [1.165, 1.54) is 11.8 Å². The third-order valence-electron chi connectivity index (χ3n) is 3.78. The monoisotopic (exact) mass is 386 g/mol. The first kappa shape index (κ1) is 19.1. The van der Waals surface area contributed by atoms with Crippen molar-refractivity contribution >= 4 is 11.8 Å². The van der Waals surface area contributed by atoms with Gasteiger partial charge in [-0.05, 0) is 55.3 Å². The molecule has 0 radical (unpaired) electrons. The van der Waals surface area contributed by atoms with Crippen molar-refractivity contribution in [3.8, 4) is 17.2 Å². The quantitative estimate of drug-likeness (QED) is 0.398. The van der Waals surface area contributed by atoms with Gasteiger partial charge in [-0.2, -0.15) is 0 Å². The molecule has 0 saturated heterocycles. The van der Waals surface area contributed by atoms with Crippen molar-refractivity contribution in [2.75, 3.05) is 19.5 Å². The van der Waals surface area contributed by atoms with Gasteiger partial charge in [-0.1, -0.05) is 23.9 Å². The Morgan fingerprint density at radius 3 is 2.52 bits per heavy atom. The fraction of sp³-hybridized carbons (Fsp3) is 0.300. The molecule has 0 saturated carbocycles. The number of aryl methyl sites for hydroxylation is 2. The van der Waals surface area contributed by atoms with Gasteiger partial charge in [0.25, 0.3) is 11.1 Å². The lowest BCUT2D eigenvalue weighted by Gasteiger charge is -2.07. The Morgan fingerprint density at radius 1 is 0.963 bits per heavy atom. The van der Waals surface area contributed by atoms with E-state index in [9.17, 15) is 0 Å². The van der Waals surface area contributed by atoms with Gasteiger partial charge in [-0.15, -0.1) is 10.2 Å². The van der Waals surface area contributed by atoms with Crippen LogP contribution in [0.4, 0.5) is 0 Å². The van der Waals surface area contributed by atoms with Gasteiger partial charge in [0.05, 0.1) is 13.7 Å². The van der Waals surface area contributed by atoms with Crippen molar-refractivity contribution in [3.05, 3.63) is 59.5 Å². The maximum absolute atomic E-state index is 5.78. The van der Waals surface area contributed by atoms with Crippen molar-refractivity contribution < 1.29 is 18.6 Å². The second kappa shape index (κ2) is 9.32. The zero-order valence-corrected chi connectivity index (χ0v) is 16.4. The number of ether oxygens (including phenoxy) is 3. The van der Waals surface area contributed by atoms with Gasteiger partial charge in [0, 0.05) is 5.75 Å². The number of nitrogens with zero attached hydrogens (tertiary/aromatic N) is 2. The van der Waals surface area contributed by atoms with Crippen LogP contribution in [0.3, 0.4) is 0 Å². The van der Waals surface area contributed by atoms with Gasteiger partial charge in [0.2, 0.25) is 0 Å². The molecule has 0 bridgehead atoms. The van der Waals surface area contributed by atoms with Crippen LogP contribution in [0.15, 0.2) is 52.1 Å². The summed E-state index contributed by atoms with van der Waals surface area (Å²) in [5.41, 5.74) is 2.22. The van der Waals surface area contributed by atoms with Crippen LogP contribution in [-0.4, -0.2) is 29.7 Å². The molecule has 0 amide bonds. The molecule has 1 heterocycles. The van der Waals surface area contributed by atoms with Gasteiger partial charge in [0.1, 0.15) is 17.2 Å². The summed E-state index contributed by atoms with van der Waals surface area (Å²) in [5, 5.41) is 8.56. The Labute approximate surface area is 162 Å². The smallest absolute Gasteiger partial charge is 0.276 e. The van der Waals surface area contributed by atoms with Crippen LogP contribution in [0.1, 0.15) is 17.0 Å². The molecule has 0 fully saturated rings. The Hall–Kier alpha value is -2.67. The molecule has 0 atom stereocenters. The van der Waals surface area contributed by atoms with Gasteiger partial charge in [0.15, 0.2) is 6.61 Å². The van der Waals surface area contributed by atoms with E-state index in [1.807, 2.05) is 50.2 Å². The van der Waals surface area contributed by atoms with E-state index in [-0.39, 0.29) is 6.61 Å². The number of hydrogen-bond donors (Lipinski definition) is 0. The van der Waals surface area contributed by atoms with Crippen LogP contribution in [0.2, 0.25) is 0 Å². The fourth-order valence-corrected chi connectivity index (χ4v) is 2.91. The number of rotatable bonds is 9. The minimum absolute atomic E-state index is 0.250. The zero-order valence-electron chi connectivity index (χ0n) is 15.6. The Kier molecular flexibility index (Phi) is 6.59. The highest BCUT2D eigenvalue weighted by molar-refractivity contribution is 7.99. The van der Waals surface area contributed by atoms with Crippen LogP contribution in [0, 0.1) is 13.8 Å². The van der Waals surface area contributed by atoms with Crippen LogP contribution >= 0.6 is 11.8 Å². The number of methoxy groups -OCH3 is 1. The minimum Gasteiger partial charge on any atom is -0.497 e. The molecule has 6 nitrogen and oxygen atoms in total. The van der Waals surface area contributed by atoms with Crippen LogP contribution in [0.5, 0.6) is 17.2 Å². The summed E-state index contributed by atoms with van der Waals surface area (Å²) in [7, 11) is 1.64.